The molecule has 172 valence electrons. The summed E-state index contributed by atoms with van der Waals surface area (Å²) in [5, 5.41) is 0. The molecule has 0 aliphatic rings. The highest BCUT2D eigenvalue weighted by Gasteiger charge is 1.99. The third kappa shape index (κ3) is 7.05. The lowest BCUT2D eigenvalue weighted by molar-refractivity contribution is 1.47. The molecule has 0 aromatic heterocycles. The number of aryl methyl sites for hydroxylation is 2. The van der Waals surface area contributed by atoms with Crippen molar-refractivity contribution in [3.8, 4) is 33.4 Å². The van der Waals surface area contributed by atoms with E-state index in [1.54, 1.807) is 0 Å². The van der Waals surface area contributed by atoms with Gasteiger partial charge in [0.2, 0.25) is 0 Å². The van der Waals surface area contributed by atoms with Crippen LogP contribution in [0.25, 0.3) is 33.4 Å². The summed E-state index contributed by atoms with van der Waals surface area (Å²) >= 11 is 0. The Kier molecular flexibility index (Phi) is 10.0. The lowest BCUT2D eigenvalue weighted by Gasteiger charge is -2.05. The van der Waals surface area contributed by atoms with Crippen molar-refractivity contribution in [2.45, 2.75) is 28.7 Å². The van der Waals surface area contributed by atoms with Crippen molar-refractivity contribution in [3.05, 3.63) is 145 Å². The van der Waals surface area contributed by atoms with Crippen LogP contribution in [0.3, 0.4) is 0 Å². The van der Waals surface area contributed by atoms with Crippen LogP contribution in [0.4, 0.5) is 0 Å². The molecule has 0 nitrogen and oxygen atoms in total. The highest BCUT2D eigenvalue weighted by atomic mass is 14.0. The van der Waals surface area contributed by atoms with Crippen molar-refractivity contribution < 1.29 is 0 Å². The molecule has 0 saturated heterocycles. The van der Waals surface area contributed by atoms with Gasteiger partial charge in [0, 0.05) is 0 Å². The first-order chi connectivity index (χ1) is 15.7. The van der Waals surface area contributed by atoms with Gasteiger partial charge in [-0.05, 0) is 47.2 Å². The first-order valence-electron chi connectivity index (χ1n) is 11.0. The van der Waals surface area contributed by atoms with Crippen LogP contribution < -0.4 is 0 Å². The molecule has 0 aliphatic heterocycles. The highest BCUT2D eigenvalue weighted by Crippen LogP contribution is 2.25. The van der Waals surface area contributed by atoms with Crippen LogP contribution >= 0.6 is 0 Å². The van der Waals surface area contributed by atoms with Gasteiger partial charge in [0.1, 0.15) is 0 Å². The third-order valence-corrected chi connectivity index (χ3v) is 5.54. The van der Waals surface area contributed by atoms with E-state index >= 15 is 0 Å². The zero-order valence-electron chi connectivity index (χ0n) is 18.7. The molecule has 0 radical (unpaired) electrons. The van der Waals surface area contributed by atoms with Gasteiger partial charge in [-0.15, -0.1) is 0 Å². The molecule has 5 rings (SSSR count). The molecule has 34 heavy (non-hydrogen) atoms. The van der Waals surface area contributed by atoms with Crippen LogP contribution in [0.5, 0.6) is 0 Å². The van der Waals surface area contributed by atoms with Crippen molar-refractivity contribution in [2.24, 2.45) is 0 Å². The summed E-state index contributed by atoms with van der Waals surface area (Å²) in [6, 6.07) is 46.9. The Morgan fingerprint density at radius 1 is 0.265 bits per heavy atom. The largest absolute Gasteiger partial charge is 0.0776 e. The number of hydrogen-bond donors (Lipinski definition) is 0. The molecular weight excluding hydrogens is 408 g/mol. The van der Waals surface area contributed by atoms with Crippen molar-refractivity contribution in [2.75, 3.05) is 0 Å². The van der Waals surface area contributed by atoms with Crippen LogP contribution in [0.15, 0.2) is 133 Å². The fourth-order valence-electron chi connectivity index (χ4n) is 3.61. The van der Waals surface area contributed by atoms with E-state index in [-0.39, 0.29) is 14.9 Å². The van der Waals surface area contributed by atoms with Crippen LogP contribution in [0, 0.1) is 13.8 Å². The maximum absolute atomic E-state index is 2.19. The molecule has 5 aromatic rings. The van der Waals surface area contributed by atoms with E-state index in [1.807, 2.05) is 12.1 Å². The third-order valence-electron chi connectivity index (χ3n) is 5.54. The molecule has 0 unspecified atom stereocenters. The monoisotopic (exact) mass is 444 g/mol. The molecule has 0 heterocycles. The predicted molar refractivity (Wildman–Crippen MR) is 152 cm³/mol. The average Bonchev–Trinajstić information content (AvgIpc) is 2.87. The SMILES string of the molecule is C.C.Cc1ccc(-c2ccc(-c3ccccc3)cc2)cc1.Cc1ccc(-c2ccccc2)cc1. The van der Waals surface area contributed by atoms with Gasteiger partial charge in [-0.25, -0.2) is 0 Å². The summed E-state index contributed by atoms with van der Waals surface area (Å²) in [5.41, 5.74) is 10.2. The molecule has 0 N–H and O–H groups in total. The molecule has 0 aliphatic carbocycles. The Bertz CT molecular complexity index is 1220. The summed E-state index contributed by atoms with van der Waals surface area (Å²) in [7, 11) is 0. The Balaban J connectivity index is 0.000000241. The van der Waals surface area contributed by atoms with Gasteiger partial charge < -0.3 is 0 Å². The first kappa shape index (κ1) is 26.4. The molecule has 0 heteroatoms. The molecule has 0 fully saturated rings. The smallest absolute Gasteiger partial charge is 0.0184 e. The van der Waals surface area contributed by atoms with E-state index in [0.717, 1.165) is 0 Å². The van der Waals surface area contributed by atoms with E-state index in [4.69, 9.17) is 0 Å². The van der Waals surface area contributed by atoms with Crippen LogP contribution in [0.1, 0.15) is 26.0 Å². The highest BCUT2D eigenvalue weighted by molar-refractivity contribution is 5.70. The molecule has 0 spiro atoms. The van der Waals surface area contributed by atoms with Gasteiger partial charge >= 0.3 is 0 Å². The van der Waals surface area contributed by atoms with E-state index in [2.05, 4.69) is 135 Å². The van der Waals surface area contributed by atoms with Crippen molar-refractivity contribution >= 4 is 0 Å². The van der Waals surface area contributed by atoms with E-state index in [0.29, 0.717) is 0 Å². The summed E-state index contributed by atoms with van der Waals surface area (Å²) in [6.07, 6.45) is 0. The standard InChI is InChI=1S/C19H16.C13H12.2CH4/c1-15-7-9-17(10-8-15)19-13-11-18(12-14-19)16-5-3-2-4-6-16;1-11-7-9-13(10-8-11)12-5-3-2-4-6-12;;/h2-14H,1H3;2-10H,1H3;2*1H4. The summed E-state index contributed by atoms with van der Waals surface area (Å²) < 4.78 is 0. The summed E-state index contributed by atoms with van der Waals surface area (Å²) in [4.78, 5) is 0. The predicted octanol–water partition coefficient (Wildman–Crippen LogP) is 10.3. The van der Waals surface area contributed by atoms with Gasteiger partial charge in [0.15, 0.2) is 0 Å². The average molecular weight is 445 g/mol. The minimum Gasteiger partial charge on any atom is -0.0776 e. The minimum absolute atomic E-state index is 0. The lowest BCUT2D eigenvalue weighted by Crippen LogP contribution is -1.80. The fraction of sp³-hybridized carbons (Fsp3) is 0.118. The molecule has 5 aromatic carbocycles. The molecule has 0 saturated carbocycles. The Morgan fingerprint density at radius 2 is 0.471 bits per heavy atom. The molecule has 0 atom stereocenters. The van der Waals surface area contributed by atoms with Crippen LogP contribution in [-0.2, 0) is 0 Å². The summed E-state index contributed by atoms with van der Waals surface area (Å²) in [5.74, 6) is 0. The quantitative estimate of drug-likeness (QED) is 0.259. The molecular formula is C34H36. The van der Waals surface area contributed by atoms with Crippen molar-refractivity contribution in [1.29, 1.82) is 0 Å². The maximum Gasteiger partial charge on any atom is -0.0184 e. The second kappa shape index (κ2) is 13.0. The second-order valence-electron chi connectivity index (χ2n) is 8.04. The van der Waals surface area contributed by atoms with Gasteiger partial charge in [-0.2, -0.15) is 0 Å². The zero-order chi connectivity index (χ0) is 22.2. The van der Waals surface area contributed by atoms with Crippen molar-refractivity contribution in [1.82, 2.24) is 0 Å². The lowest BCUT2D eigenvalue weighted by atomic mass is 10.00. The van der Waals surface area contributed by atoms with E-state index < -0.39 is 0 Å². The van der Waals surface area contributed by atoms with Gasteiger partial charge in [-0.3, -0.25) is 0 Å². The minimum atomic E-state index is 0. The number of hydrogen-bond acceptors (Lipinski definition) is 0. The van der Waals surface area contributed by atoms with Gasteiger partial charge in [0.05, 0.1) is 0 Å². The van der Waals surface area contributed by atoms with Gasteiger partial charge in [-0.1, -0.05) is 159 Å². The van der Waals surface area contributed by atoms with Crippen molar-refractivity contribution in [3.63, 3.8) is 0 Å². The molecule has 0 amide bonds. The fourth-order valence-corrected chi connectivity index (χ4v) is 3.61. The zero-order valence-corrected chi connectivity index (χ0v) is 18.7. The Hall–Kier alpha value is -3.90. The van der Waals surface area contributed by atoms with Crippen LogP contribution in [0.2, 0.25) is 0 Å². The van der Waals surface area contributed by atoms with Crippen LogP contribution in [-0.4, -0.2) is 0 Å². The second-order valence-corrected chi connectivity index (χ2v) is 8.04. The number of rotatable bonds is 3. The Labute approximate surface area is 206 Å². The Morgan fingerprint density at radius 3 is 0.735 bits per heavy atom. The van der Waals surface area contributed by atoms with E-state index in [9.17, 15) is 0 Å². The normalized spacial score (nSPS) is 9.59. The van der Waals surface area contributed by atoms with Gasteiger partial charge in [0.25, 0.3) is 0 Å². The first-order valence-corrected chi connectivity index (χ1v) is 11.0. The van der Waals surface area contributed by atoms with E-state index in [1.165, 1.54) is 44.5 Å². The summed E-state index contributed by atoms with van der Waals surface area (Å²) in [6.45, 7) is 4.22. The topological polar surface area (TPSA) is 0 Å². The molecule has 0 bridgehead atoms. The maximum atomic E-state index is 2.19. The number of benzene rings is 5.